The van der Waals surface area contributed by atoms with E-state index in [-0.39, 0.29) is 0 Å². The third-order valence-corrected chi connectivity index (χ3v) is 1.57. The Morgan fingerprint density at radius 1 is 1.56 bits per heavy atom. The number of carbonyl (C=O) groups is 2. The summed E-state index contributed by atoms with van der Waals surface area (Å²) >= 11 is 0. The second-order valence-corrected chi connectivity index (χ2v) is 2.61. The minimum Gasteiger partial charge on any atom is -0.388 e. The summed E-state index contributed by atoms with van der Waals surface area (Å²) in [6, 6.07) is 2.96. The lowest BCUT2D eigenvalue weighted by atomic mass is 10.2. The number of benzene rings is 1. The summed E-state index contributed by atoms with van der Waals surface area (Å²) in [5.74, 6) is -2.50. The van der Waals surface area contributed by atoms with Gasteiger partial charge in [-0.25, -0.2) is 9.59 Å². The third kappa shape index (κ3) is 2.61. The van der Waals surface area contributed by atoms with Crippen molar-refractivity contribution < 1.29 is 25.7 Å². The number of nitro groups is 1. The normalized spacial score (nSPS) is 10.4. The first-order valence-corrected chi connectivity index (χ1v) is 4.07. The standard InChI is InChI=1S/C9H7NO6/c11-5-8(12)16-9(13)6-3-1-2-4-7(6)10(14)15/h1-4,11H,5H2/i4D. The monoisotopic (exact) mass is 226 g/mol. The first-order valence-electron chi connectivity index (χ1n) is 4.57. The Labute approximate surface area is 90.8 Å². The van der Waals surface area contributed by atoms with Crippen LogP contribution in [0.15, 0.2) is 24.2 Å². The van der Waals surface area contributed by atoms with Crippen LogP contribution in [-0.4, -0.2) is 28.6 Å². The number of esters is 2. The van der Waals surface area contributed by atoms with E-state index in [0.29, 0.717) is 0 Å². The van der Waals surface area contributed by atoms with Crippen molar-refractivity contribution in [3.05, 3.63) is 39.9 Å². The molecule has 7 heteroatoms. The maximum Gasteiger partial charge on any atom is 0.352 e. The predicted molar refractivity (Wildman–Crippen MR) is 50.6 cm³/mol. The Kier molecular flexibility index (Phi) is 3.19. The molecule has 16 heavy (non-hydrogen) atoms. The van der Waals surface area contributed by atoms with Crippen LogP contribution < -0.4 is 0 Å². The van der Waals surface area contributed by atoms with Crippen LogP contribution in [0.25, 0.3) is 0 Å². The number of aliphatic hydroxyl groups excluding tert-OH is 1. The fourth-order valence-electron chi connectivity index (χ4n) is 0.934. The number of carbonyl (C=O) groups excluding carboxylic acids is 2. The summed E-state index contributed by atoms with van der Waals surface area (Å²) in [6.45, 7) is -1.01. The van der Waals surface area contributed by atoms with Crippen molar-refractivity contribution in [3.8, 4) is 0 Å². The molecule has 0 heterocycles. The van der Waals surface area contributed by atoms with E-state index < -0.39 is 40.8 Å². The van der Waals surface area contributed by atoms with Crippen molar-refractivity contribution in [2.75, 3.05) is 6.61 Å². The zero-order chi connectivity index (χ0) is 13.0. The highest BCUT2D eigenvalue weighted by Crippen LogP contribution is 2.18. The molecule has 0 aliphatic carbocycles. The fourth-order valence-corrected chi connectivity index (χ4v) is 0.934. The SMILES string of the molecule is [2H]c1cccc(C(=O)OC(=O)CO)c1[N+](=O)[O-]. The molecule has 1 aromatic carbocycles. The van der Waals surface area contributed by atoms with Gasteiger partial charge in [0.1, 0.15) is 12.2 Å². The summed E-state index contributed by atoms with van der Waals surface area (Å²) < 4.78 is 11.4. The van der Waals surface area contributed by atoms with Crippen LogP contribution in [0.5, 0.6) is 0 Å². The lowest BCUT2D eigenvalue weighted by Crippen LogP contribution is -2.16. The van der Waals surface area contributed by atoms with Crippen molar-refractivity contribution in [3.63, 3.8) is 0 Å². The van der Waals surface area contributed by atoms with Crippen LogP contribution in [0, 0.1) is 10.1 Å². The largest absolute Gasteiger partial charge is 0.388 e. The van der Waals surface area contributed by atoms with Gasteiger partial charge in [0.05, 0.1) is 6.29 Å². The van der Waals surface area contributed by atoms with E-state index in [9.17, 15) is 19.7 Å². The van der Waals surface area contributed by atoms with Crippen molar-refractivity contribution in [2.24, 2.45) is 0 Å². The van der Waals surface area contributed by atoms with Crippen LogP contribution in [0.3, 0.4) is 0 Å². The van der Waals surface area contributed by atoms with Crippen LogP contribution >= 0.6 is 0 Å². The van der Waals surface area contributed by atoms with Crippen molar-refractivity contribution in [1.82, 2.24) is 0 Å². The first kappa shape index (κ1) is 10.2. The molecule has 0 atom stereocenters. The third-order valence-electron chi connectivity index (χ3n) is 1.57. The van der Waals surface area contributed by atoms with Gasteiger partial charge in [0.15, 0.2) is 0 Å². The number of hydrogen-bond donors (Lipinski definition) is 1. The first-order chi connectivity index (χ1) is 7.97. The number of nitro benzene ring substituents is 1. The molecule has 0 aliphatic rings. The molecular formula is C9H7NO6. The van der Waals surface area contributed by atoms with Gasteiger partial charge in [-0.15, -0.1) is 0 Å². The van der Waals surface area contributed by atoms with Crippen LogP contribution in [-0.2, 0) is 9.53 Å². The Hall–Kier alpha value is -2.28. The second-order valence-electron chi connectivity index (χ2n) is 2.61. The van der Waals surface area contributed by atoms with E-state index in [1.165, 1.54) is 6.07 Å². The molecule has 0 unspecified atom stereocenters. The molecule has 84 valence electrons. The number of hydrogen-bond acceptors (Lipinski definition) is 6. The number of nitrogens with zero attached hydrogens (tertiary/aromatic N) is 1. The van der Waals surface area contributed by atoms with Crippen LogP contribution in [0.2, 0.25) is 0 Å². The van der Waals surface area contributed by atoms with Gasteiger partial charge in [-0.3, -0.25) is 10.1 Å². The smallest absolute Gasteiger partial charge is 0.352 e. The van der Waals surface area contributed by atoms with Gasteiger partial charge >= 0.3 is 11.9 Å². The van der Waals surface area contributed by atoms with Crippen molar-refractivity contribution >= 4 is 17.6 Å². The van der Waals surface area contributed by atoms with Gasteiger partial charge in [0.2, 0.25) is 0 Å². The van der Waals surface area contributed by atoms with E-state index in [1.807, 2.05) is 0 Å². The van der Waals surface area contributed by atoms with Crippen LogP contribution in [0.4, 0.5) is 5.69 Å². The topological polar surface area (TPSA) is 107 Å². The molecule has 0 spiro atoms. The fraction of sp³-hybridized carbons (Fsp3) is 0.111. The van der Waals surface area contributed by atoms with E-state index >= 15 is 0 Å². The number of aliphatic hydroxyl groups is 1. The molecular weight excluding hydrogens is 218 g/mol. The highest BCUT2D eigenvalue weighted by molar-refractivity contribution is 5.99. The highest BCUT2D eigenvalue weighted by Gasteiger charge is 2.22. The molecule has 0 saturated carbocycles. The van der Waals surface area contributed by atoms with Crippen LogP contribution in [0.1, 0.15) is 11.7 Å². The minimum absolute atomic E-state index is 0.471. The Morgan fingerprint density at radius 2 is 2.25 bits per heavy atom. The summed E-state index contributed by atoms with van der Waals surface area (Å²) in [5.41, 5.74) is -1.26. The lowest BCUT2D eigenvalue weighted by Gasteiger charge is -2.01. The maximum atomic E-state index is 11.3. The van der Waals surface area contributed by atoms with Crippen molar-refractivity contribution in [1.29, 1.82) is 0 Å². The van der Waals surface area contributed by atoms with Gasteiger partial charge < -0.3 is 9.84 Å². The highest BCUT2D eigenvalue weighted by atomic mass is 16.6. The molecule has 0 amide bonds. The molecule has 7 nitrogen and oxygen atoms in total. The molecule has 1 N–H and O–H groups in total. The molecule has 0 fully saturated rings. The minimum atomic E-state index is -1.27. The van der Waals surface area contributed by atoms with Gasteiger partial charge in [-0.1, -0.05) is 12.1 Å². The average Bonchev–Trinajstić information content (AvgIpc) is 2.27. The van der Waals surface area contributed by atoms with Gasteiger partial charge in [0, 0.05) is 6.04 Å². The van der Waals surface area contributed by atoms with Gasteiger partial charge in [-0.2, -0.15) is 0 Å². The van der Waals surface area contributed by atoms with E-state index in [0.717, 1.165) is 12.1 Å². The van der Waals surface area contributed by atoms with Gasteiger partial charge in [0.25, 0.3) is 5.69 Å². The molecule has 1 aromatic rings. The second kappa shape index (κ2) is 4.99. The maximum absolute atomic E-state index is 11.3. The van der Waals surface area contributed by atoms with Crippen molar-refractivity contribution in [2.45, 2.75) is 0 Å². The molecule has 0 aliphatic heterocycles. The summed E-state index contributed by atoms with van der Waals surface area (Å²) in [6.07, 6.45) is 0. The quantitative estimate of drug-likeness (QED) is 0.343. The molecule has 0 aromatic heterocycles. The predicted octanol–water partition coefficient (Wildman–Crippen LogP) is 0.271. The van der Waals surface area contributed by atoms with E-state index in [4.69, 9.17) is 6.48 Å². The zero-order valence-corrected chi connectivity index (χ0v) is 7.87. The number of ether oxygens (including phenoxy) is 1. The molecule has 0 radical (unpaired) electrons. The number of para-hydroxylation sites is 1. The molecule has 0 bridgehead atoms. The summed E-state index contributed by atoms with van der Waals surface area (Å²) in [7, 11) is 0. The summed E-state index contributed by atoms with van der Waals surface area (Å²) in [4.78, 5) is 31.7. The Morgan fingerprint density at radius 3 is 2.81 bits per heavy atom. The Balaban J connectivity index is 3.13. The van der Waals surface area contributed by atoms with E-state index in [1.54, 1.807) is 0 Å². The molecule has 1 rings (SSSR count). The number of rotatable bonds is 3. The summed E-state index contributed by atoms with van der Waals surface area (Å²) in [5, 5.41) is 19.0. The molecule has 0 saturated heterocycles. The lowest BCUT2D eigenvalue weighted by molar-refractivity contribution is -0.385. The zero-order valence-electron chi connectivity index (χ0n) is 8.87. The Bertz CT molecular complexity index is 486. The van der Waals surface area contributed by atoms with Gasteiger partial charge in [-0.05, 0) is 6.07 Å². The average molecular weight is 226 g/mol. The van der Waals surface area contributed by atoms with E-state index in [2.05, 4.69) is 4.74 Å².